The van der Waals surface area contributed by atoms with Crippen LogP contribution in [-0.2, 0) is 4.79 Å². The number of benzene rings is 1. The lowest BCUT2D eigenvalue weighted by molar-refractivity contribution is -0.119. The normalized spacial score (nSPS) is 13.7. The van der Waals surface area contributed by atoms with Gasteiger partial charge in [-0.1, -0.05) is 44.7 Å². The fourth-order valence-corrected chi connectivity index (χ4v) is 2.45. The van der Waals surface area contributed by atoms with Crippen LogP contribution in [0.4, 0.5) is 0 Å². The van der Waals surface area contributed by atoms with Crippen LogP contribution >= 0.6 is 12.4 Å². The Hall–Kier alpha value is -1.42. The predicted molar refractivity (Wildman–Crippen MR) is 80.5 cm³/mol. The lowest BCUT2D eigenvalue weighted by Gasteiger charge is -2.15. The number of rotatable bonds is 7. The van der Waals surface area contributed by atoms with E-state index >= 15 is 0 Å². The highest BCUT2D eigenvalue weighted by Gasteiger charge is 2.26. The SMILES string of the molecule is CCCCCCC(C(N)=O)c1cccc2c1OCO2.Cl. The fourth-order valence-electron chi connectivity index (χ4n) is 2.45. The molecule has 0 saturated carbocycles. The van der Waals surface area contributed by atoms with E-state index in [0.29, 0.717) is 11.5 Å². The van der Waals surface area contributed by atoms with E-state index in [9.17, 15) is 4.79 Å². The first kappa shape index (κ1) is 16.6. The second-order valence-corrected chi connectivity index (χ2v) is 4.89. The Morgan fingerprint density at radius 3 is 2.80 bits per heavy atom. The van der Waals surface area contributed by atoms with E-state index in [4.69, 9.17) is 15.2 Å². The van der Waals surface area contributed by atoms with Gasteiger partial charge in [0.05, 0.1) is 5.92 Å². The standard InChI is InChI=1S/C15H21NO3.ClH/c1-2-3-4-5-7-12(15(16)17)11-8-6-9-13-14(11)19-10-18-13;/h6,8-9,12H,2-5,7,10H2,1H3,(H2,16,17);1H. The molecule has 0 spiro atoms. The van der Waals surface area contributed by atoms with E-state index in [1.54, 1.807) is 0 Å². The molecule has 0 bridgehead atoms. The maximum Gasteiger partial charge on any atom is 0.231 e. The van der Waals surface area contributed by atoms with Gasteiger partial charge in [0.1, 0.15) is 0 Å². The van der Waals surface area contributed by atoms with Gasteiger partial charge in [0.25, 0.3) is 0 Å². The molecule has 0 radical (unpaired) electrons. The summed E-state index contributed by atoms with van der Waals surface area (Å²) in [5, 5.41) is 0. The van der Waals surface area contributed by atoms with Crippen molar-refractivity contribution in [1.82, 2.24) is 0 Å². The monoisotopic (exact) mass is 299 g/mol. The first-order chi connectivity index (χ1) is 9.24. The smallest absolute Gasteiger partial charge is 0.231 e. The Balaban J connectivity index is 0.00000200. The number of halogens is 1. The first-order valence-electron chi connectivity index (χ1n) is 6.92. The summed E-state index contributed by atoms with van der Waals surface area (Å²) in [6.07, 6.45) is 5.28. The second-order valence-electron chi connectivity index (χ2n) is 4.89. The van der Waals surface area contributed by atoms with Gasteiger partial charge in [-0.25, -0.2) is 0 Å². The Labute approximate surface area is 126 Å². The number of amides is 1. The molecule has 1 unspecified atom stereocenters. The average molecular weight is 300 g/mol. The third kappa shape index (κ3) is 3.79. The highest BCUT2D eigenvalue weighted by molar-refractivity contribution is 5.85. The molecule has 2 rings (SSSR count). The number of primary amides is 1. The van der Waals surface area contributed by atoms with Crippen LogP contribution in [0.2, 0.25) is 0 Å². The lowest BCUT2D eigenvalue weighted by Crippen LogP contribution is -2.21. The summed E-state index contributed by atoms with van der Waals surface area (Å²) in [4.78, 5) is 11.7. The minimum absolute atomic E-state index is 0. The van der Waals surface area contributed by atoms with E-state index in [0.717, 1.165) is 24.8 Å². The van der Waals surface area contributed by atoms with Gasteiger partial charge in [0, 0.05) is 5.56 Å². The minimum atomic E-state index is -0.291. The van der Waals surface area contributed by atoms with Gasteiger partial charge >= 0.3 is 0 Å². The quantitative estimate of drug-likeness (QED) is 0.785. The van der Waals surface area contributed by atoms with Crippen LogP contribution in [0.3, 0.4) is 0 Å². The molecule has 4 nitrogen and oxygen atoms in total. The molecule has 5 heteroatoms. The molecular formula is C15H22ClNO3. The van der Waals surface area contributed by atoms with Gasteiger partial charge in [-0.3, -0.25) is 4.79 Å². The van der Waals surface area contributed by atoms with Crippen LogP contribution in [0.1, 0.15) is 50.5 Å². The number of fused-ring (bicyclic) bond motifs is 1. The number of hydrogen-bond donors (Lipinski definition) is 1. The Bertz CT molecular complexity index is 451. The van der Waals surface area contributed by atoms with E-state index < -0.39 is 0 Å². The molecule has 1 aromatic carbocycles. The summed E-state index contributed by atoms with van der Waals surface area (Å²) in [7, 11) is 0. The van der Waals surface area contributed by atoms with E-state index in [1.165, 1.54) is 12.8 Å². The molecule has 1 aromatic rings. The number of ether oxygens (including phenoxy) is 2. The van der Waals surface area contributed by atoms with Crippen molar-refractivity contribution in [3.63, 3.8) is 0 Å². The van der Waals surface area contributed by atoms with Crippen molar-refractivity contribution in [2.45, 2.75) is 44.9 Å². The molecule has 0 aliphatic carbocycles. The van der Waals surface area contributed by atoms with Crippen molar-refractivity contribution < 1.29 is 14.3 Å². The summed E-state index contributed by atoms with van der Waals surface area (Å²) in [6, 6.07) is 5.63. The Kier molecular flexibility index (Phi) is 6.65. The average Bonchev–Trinajstić information content (AvgIpc) is 2.87. The van der Waals surface area contributed by atoms with Gasteiger partial charge in [0.2, 0.25) is 12.7 Å². The third-order valence-electron chi connectivity index (χ3n) is 3.49. The van der Waals surface area contributed by atoms with Crippen LogP contribution in [0.5, 0.6) is 11.5 Å². The highest BCUT2D eigenvalue weighted by atomic mass is 35.5. The molecule has 0 aromatic heterocycles. The minimum Gasteiger partial charge on any atom is -0.454 e. The van der Waals surface area contributed by atoms with Gasteiger partial charge in [-0.05, 0) is 12.5 Å². The van der Waals surface area contributed by atoms with E-state index in [2.05, 4.69) is 6.92 Å². The zero-order valence-corrected chi connectivity index (χ0v) is 12.6. The molecular weight excluding hydrogens is 278 g/mol. The van der Waals surface area contributed by atoms with Crippen molar-refractivity contribution >= 4 is 18.3 Å². The summed E-state index contributed by atoms with van der Waals surface area (Å²) < 4.78 is 10.8. The van der Waals surface area contributed by atoms with E-state index in [-0.39, 0.29) is 31.0 Å². The third-order valence-corrected chi connectivity index (χ3v) is 3.49. The Morgan fingerprint density at radius 2 is 2.10 bits per heavy atom. The van der Waals surface area contributed by atoms with Crippen LogP contribution in [0.25, 0.3) is 0 Å². The lowest BCUT2D eigenvalue weighted by atomic mass is 9.91. The van der Waals surface area contributed by atoms with E-state index in [1.807, 2.05) is 18.2 Å². The van der Waals surface area contributed by atoms with Crippen LogP contribution < -0.4 is 15.2 Å². The number of carbonyl (C=O) groups excluding carboxylic acids is 1. The molecule has 1 heterocycles. The summed E-state index contributed by atoms with van der Waals surface area (Å²) in [5.41, 5.74) is 6.40. The van der Waals surface area contributed by atoms with Crippen molar-refractivity contribution in [2.75, 3.05) is 6.79 Å². The van der Waals surface area contributed by atoms with Crippen molar-refractivity contribution in [2.24, 2.45) is 5.73 Å². The number of nitrogens with two attached hydrogens (primary N) is 1. The zero-order valence-electron chi connectivity index (χ0n) is 11.8. The van der Waals surface area contributed by atoms with Gasteiger partial charge in [-0.2, -0.15) is 0 Å². The largest absolute Gasteiger partial charge is 0.454 e. The van der Waals surface area contributed by atoms with Gasteiger partial charge in [0.15, 0.2) is 11.5 Å². The summed E-state index contributed by atoms with van der Waals surface area (Å²) in [5.74, 6) is 0.813. The molecule has 20 heavy (non-hydrogen) atoms. The Morgan fingerprint density at radius 1 is 1.30 bits per heavy atom. The summed E-state index contributed by atoms with van der Waals surface area (Å²) >= 11 is 0. The molecule has 112 valence electrons. The number of hydrogen-bond acceptors (Lipinski definition) is 3. The predicted octanol–water partition coefficient (Wildman–Crippen LogP) is 3.38. The maximum absolute atomic E-state index is 11.7. The number of para-hydroxylation sites is 1. The molecule has 1 aliphatic heterocycles. The maximum atomic E-state index is 11.7. The molecule has 1 aliphatic rings. The second kappa shape index (κ2) is 8.00. The van der Waals surface area contributed by atoms with Crippen LogP contribution in [0.15, 0.2) is 18.2 Å². The van der Waals surface area contributed by atoms with Crippen molar-refractivity contribution in [3.05, 3.63) is 23.8 Å². The molecule has 0 saturated heterocycles. The number of unbranched alkanes of at least 4 members (excludes halogenated alkanes) is 3. The summed E-state index contributed by atoms with van der Waals surface area (Å²) in [6.45, 7) is 2.38. The van der Waals surface area contributed by atoms with Crippen LogP contribution in [0, 0.1) is 0 Å². The van der Waals surface area contributed by atoms with Crippen LogP contribution in [-0.4, -0.2) is 12.7 Å². The van der Waals surface area contributed by atoms with Gasteiger partial charge < -0.3 is 15.2 Å². The molecule has 2 N–H and O–H groups in total. The highest BCUT2D eigenvalue weighted by Crippen LogP contribution is 2.40. The van der Waals surface area contributed by atoms with Gasteiger partial charge in [-0.15, -0.1) is 12.4 Å². The van der Waals surface area contributed by atoms with Crippen molar-refractivity contribution in [1.29, 1.82) is 0 Å². The van der Waals surface area contributed by atoms with Crippen molar-refractivity contribution in [3.8, 4) is 11.5 Å². The molecule has 0 fully saturated rings. The molecule has 1 atom stereocenters. The zero-order chi connectivity index (χ0) is 13.7. The topological polar surface area (TPSA) is 61.6 Å². The fraction of sp³-hybridized carbons (Fsp3) is 0.533. The number of carbonyl (C=O) groups is 1. The first-order valence-corrected chi connectivity index (χ1v) is 6.92. The molecule has 1 amide bonds.